The Balaban J connectivity index is 2.11. The summed E-state index contributed by atoms with van der Waals surface area (Å²) in [6, 6.07) is 18.7. The molecule has 0 N–H and O–H groups in total. The first-order valence-electron chi connectivity index (χ1n) is 4.76. The number of rotatable bonds is 3. The summed E-state index contributed by atoms with van der Waals surface area (Å²) in [4.78, 5) is 2.51. The lowest BCUT2D eigenvalue weighted by atomic mass is 10.2. The first kappa shape index (κ1) is 10.6. The van der Waals surface area contributed by atoms with E-state index in [0.717, 1.165) is 5.56 Å². The zero-order valence-corrected chi connectivity index (χ0v) is 9.76. The summed E-state index contributed by atoms with van der Waals surface area (Å²) in [5.41, 5.74) is 1.16. The molecule has 0 bridgehead atoms. The zero-order chi connectivity index (χ0) is 10.5. The Hall–Kier alpha value is -0.920. The molecular formula is C13H11ClS. The van der Waals surface area contributed by atoms with Crippen molar-refractivity contribution in [1.29, 1.82) is 0 Å². The van der Waals surface area contributed by atoms with Gasteiger partial charge >= 0.3 is 0 Å². The molecule has 0 radical (unpaired) electrons. The smallest absolute Gasteiger partial charge is 0.0474 e. The van der Waals surface area contributed by atoms with Crippen LogP contribution in [-0.4, -0.2) is 0 Å². The Morgan fingerprint density at radius 2 is 1.40 bits per heavy atom. The molecule has 0 aliphatic rings. The molecule has 0 aromatic heterocycles. The topological polar surface area (TPSA) is 0 Å². The van der Waals surface area contributed by atoms with Gasteiger partial charge in [-0.25, -0.2) is 0 Å². The van der Waals surface area contributed by atoms with E-state index in [-0.39, 0.29) is 0 Å². The molecule has 0 nitrogen and oxygen atoms in total. The van der Waals surface area contributed by atoms with Crippen LogP contribution in [0.3, 0.4) is 0 Å². The van der Waals surface area contributed by atoms with Gasteiger partial charge in [0.1, 0.15) is 0 Å². The second-order valence-corrected chi connectivity index (χ2v) is 4.61. The summed E-state index contributed by atoms with van der Waals surface area (Å²) in [6.45, 7) is 0. The third kappa shape index (κ3) is 3.01. The molecule has 2 aromatic carbocycles. The van der Waals surface area contributed by atoms with Gasteiger partial charge in [-0.15, -0.1) is 11.6 Å². The van der Waals surface area contributed by atoms with Gasteiger partial charge < -0.3 is 0 Å². The van der Waals surface area contributed by atoms with Crippen LogP contribution in [0.25, 0.3) is 0 Å². The summed E-state index contributed by atoms with van der Waals surface area (Å²) in [6.07, 6.45) is 0. The van der Waals surface area contributed by atoms with Gasteiger partial charge in [0, 0.05) is 15.7 Å². The monoisotopic (exact) mass is 234 g/mol. The average molecular weight is 235 g/mol. The molecule has 0 saturated heterocycles. The molecule has 2 aromatic rings. The summed E-state index contributed by atoms with van der Waals surface area (Å²) in [7, 11) is 0. The molecule has 0 spiro atoms. The quantitative estimate of drug-likeness (QED) is 0.701. The van der Waals surface area contributed by atoms with Crippen molar-refractivity contribution in [3.05, 3.63) is 60.2 Å². The Labute approximate surface area is 99.3 Å². The molecule has 0 aliphatic heterocycles. The fraction of sp³-hybridized carbons (Fsp3) is 0.0769. The Kier molecular flexibility index (Phi) is 3.70. The SMILES string of the molecule is ClCc1ccc(Sc2ccccc2)cc1. The highest BCUT2D eigenvalue weighted by Gasteiger charge is 1.96. The van der Waals surface area contributed by atoms with Gasteiger partial charge in [0.25, 0.3) is 0 Å². The molecule has 2 heteroatoms. The molecule has 0 saturated carbocycles. The van der Waals surface area contributed by atoms with E-state index in [9.17, 15) is 0 Å². The average Bonchev–Trinajstić information content (AvgIpc) is 2.31. The van der Waals surface area contributed by atoms with Gasteiger partial charge in [-0.3, -0.25) is 0 Å². The van der Waals surface area contributed by atoms with Crippen molar-refractivity contribution in [3.63, 3.8) is 0 Å². The maximum absolute atomic E-state index is 5.73. The zero-order valence-electron chi connectivity index (χ0n) is 8.19. The Morgan fingerprint density at radius 3 is 2.00 bits per heavy atom. The summed E-state index contributed by atoms with van der Waals surface area (Å²) in [5, 5.41) is 0. The number of alkyl halides is 1. The van der Waals surface area contributed by atoms with Crippen LogP contribution in [0.2, 0.25) is 0 Å². The van der Waals surface area contributed by atoms with Gasteiger partial charge in [-0.05, 0) is 29.8 Å². The molecule has 0 atom stereocenters. The van der Waals surface area contributed by atoms with Crippen LogP contribution < -0.4 is 0 Å². The third-order valence-electron chi connectivity index (χ3n) is 2.06. The van der Waals surface area contributed by atoms with E-state index in [1.165, 1.54) is 9.79 Å². The molecule has 2 rings (SSSR count). The first-order chi connectivity index (χ1) is 7.38. The second kappa shape index (κ2) is 5.24. The molecule has 76 valence electrons. The summed E-state index contributed by atoms with van der Waals surface area (Å²) < 4.78 is 0. The van der Waals surface area contributed by atoms with Crippen LogP contribution in [0.5, 0.6) is 0 Å². The fourth-order valence-corrected chi connectivity index (χ4v) is 2.29. The number of hydrogen-bond donors (Lipinski definition) is 0. The summed E-state index contributed by atoms with van der Waals surface area (Å²) in [5.74, 6) is 0.580. The van der Waals surface area contributed by atoms with Gasteiger partial charge in [0.15, 0.2) is 0 Å². The third-order valence-corrected chi connectivity index (χ3v) is 3.38. The van der Waals surface area contributed by atoms with Crippen LogP contribution in [0.1, 0.15) is 5.56 Å². The molecule has 0 unspecified atom stereocenters. The minimum Gasteiger partial charge on any atom is -0.122 e. The van der Waals surface area contributed by atoms with Gasteiger partial charge in [-0.1, -0.05) is 42.1 Å². The van der Waals surface area contributed by atoms with Crippen molar-refractivity contribution in [2.45, 2.75) is 15.7 Å². The van der Waals surface area contributed by atoms with Crippen LogP contribution in [0, 0.1) is 0 Å². The van der Waals surface area contributed by atoms with Crippen LogP contribution >= 0.6 is 23.4 Å². The highest BCUT2D eigenvalue weighted by molar-refractivity contribution is 7.99. The highest BCUT2D eigenvalue weighted by atomic mass is 35.5. The van der Waals surface area contributed by atoms with Crippen molar-refractivity contribution in [2.75, 3.05) is 0 Å². The Bertz CT molecular complexity index is 408. The normalized spacial score (nSPS) is 10.2. The standard InChI is InChI=1S/C13H11ClS/c14-10-11-6-8-13(9-7-11)15-12-4-2-1-3-5-12/h1-9H,10H2. The van der Waals surface area contributed by atoms with Gasteiger partial charge in [0.2, 0.25) is 0 Å². The van der Waals surface area contributed by atoms with Crippen molar-refractivity contribution < 1.29 is 0 Å². The first-order valence-corrected chi connectivity index (χ1v) is 6.11. The van der Waals surface area contributed by atoms with E-state index in [1.807, 2.05) is 6.07 Å². The molecule has 0 aliphatic carbocycles. The molecule has 0 fully saturated rings. The molecule has 0 amide bonds. The van der Waals surface area contributed by atoms with E-state index < -0.39 is 0 Å². The van der Waals surface area contributed by atoms with Crippen molar-refractivity contribution in [3.8, 4) is 0 Å². The lowest BCUT2D eigenvalue weighted by Crippen LogP contribution is -1.77. The molecule has 0 heterocycles. The Morgan fingerprint density at radius 1 is 0.800 bits per heavy atom. The van der Waals surface area contributed by atoms with E-state index in [4.69, 9.17) is 11.6 Å². The van der Waals surface area contributed by atoms with Crippen LogP contribution in [-0.2, 0) is 5.88 Å². The van der Waals surface area contributed by atoms with Crippen molar-refractivity contribution >= 4 is 23.4 Å². The second-order valence-electron chi connectivity index (χ2n) is 3.19. The fourth-order valence-electron chi connectivity index (χ4n) is 1.27. The minimum atomic E-state index is 0.580. The minimum absolute atomic E-state index is 0.580. The van der Waals surface area contributed by atoms with Crippen molar-refractivity contribution in [2.24, 2.45) is 0 Å². The van der Waals surface area contributed by atoms with Crippen LogP contribution in [0.4, 0.5) is 0 Å². The number of hydrogen-bond acceptors (Lipinski definition) is 1. The highest BCUT2D eigenvalue weighted by Crippen LogP contribution is 2.27. The summed E-state index contributed by atoms with van der Waals surface area (Å²) >= 11 is 7.50. The lowest BCUT2D eigenvalue weighted by molar-refractivity contribution is 1.33. The van der Waals surface area contributed by atoms with E-state index in [1.54, 1.807) is 11.8 Å². The number of halogens is 1. The number of benzene rings is 2. The predicted molar refractivity (Wildman–Crippen MR) is 66.6 cm³/mol. The van der Waals surface area contributed by atoms with Crippen molar-refractivity contribution in [1.82, 2.24) is 0 Å². The lowest BCUT2D eigenvalue weighted by Gasteiger charge is -2.01. The van der Waals surface area contributed by atoms with Gasteiger partial charge in [-0.2, -0.15) is 0 Å². The maximum atomic E-state index is 5.73. The molecule has 15 heavy (non-hydrogen) atoms. The largest absolute Gasteiger partial charge is 0.122 e. The van der Waals surface area contributed by atoms with Crippen LogP contribution in [0.15, 0.2) is 64.4 Å². The van der Waals surface area contributed by atoms with E-state index in [0.29, 0.717) is 5.88 Å². The molecular weight excluding hydrogens is 224 g/mol. The van der Waals surface area contributed by atoms with E-state index >= 15 is 0 Å². The maximum Gasteiger partial charge on any atom is 0.0474 e. The van der Waals surface area contributed by atoms with E-state index in [2.05, 4.69) is 48.5 Å². The van der Waals surface area contributed by atoms with Gasteiger partial charge in [0.05, 0.1) is 0 Å². The predicted octanol–water partition coefficient (Wildman–Crippen LogP) is 4.58.